The number of benzene rings is 2. The minimum absolute atomic E-state index is 0.0741. The third kappa shape index (κ3) is 3.91. The van der Waals surface area contributed by atoms with E-state index in [2.05, 4.69) is 9.97 Å². The minimum Gasteiger partial charge on any atom is -0.441 e. The second-order valence-electron chi connectivity index (χ2n) is 9.69. The van der Waals surface area contributed by atoms with Crippen LogP contribution in [0, 0.1) is 18.2 Å². The molecular formula is C27H22ClFN4O3. The maximum absolute atomic E-state index is 14.1. The average Bonchev–Trinajstić information content (AvgIpc) is 3.19. The summed E-state index contributed by atoms with van der Waals surface area (Å²) in [7, 11) is 0. The first-order valence-corrected chi connectivity index (χ1v) is 12.0. The maximum atomic E-state index is 14.1. The van der Waals surface area contributed by atoms with Crippen molar-refractivity contribution in [3.8, 4) is 5.69 Å². The molecule has 2 aromatic carbocycles. The molecule has 1 atom stereocenters. The summed E-state index contributed by atoms with van der Waals surface area (Å²) in [6, 6.07) is 6.84. The molecular weight excluding hydrogens is 483 g/mol. The van der Waals surface area contributed by atoms with Crippen LogP contribution in [0.1, 0.15) is 42.1 Å². The van der Waals surface area contributed by atoms with Crippen molar-refractivity contribution < 1.29 is 18.4 Å². The van der Waals surface area contributed by atoms with Crippen LogP contribution in [0.15, 0.2) is 59.2 Å². The lowest BCUT2D eigenvalue weighted by molar-refractivity contribution is -0.136. The van der Waals surface area contributed by atoms with Crippen LogP contribution in [0.2, 0.25) is 5.02 Å². The molecule has 1 saturated carbocycles. The molecule has 9 heteroatoms. The van der Waals surface area contributed by atoms with E-state index >= 15 is 0 Å². The van der Waals surface area contributed by atoms with E-state index in [0.717, 1.165) is 29.8 Å². The second-order valence-corrected chi connectivity index (χ2v) is 10.1. The molecule has 1 spiro atoms. The Morgan fingerprint density at radius 1 is 1.22 bits per heavy atom. The highest BCUT2D eigenvalue weighted by molar-refractivity contribution is 6.30. The Labute approximate surface area is 211 Å². The van der Waals surface area contributed by atoms with Crippen molar-refractivity contribution in [1.82, 2.24) is 19.4 Å². The van der Waals surface area contributed by atoms with Crippen LogP contribution in [0.5, 0.6) is 0 Å². The highest BCUT2D eigenvalue weighted by Gasteiger charge is 2.51. The summed E-state index contributed by atoms with van der Waals surface area (Å²) in [4.78, 5) is 36.1. The smallest absolute Gasteiger partial charge is 0.250 e. The first-order valence-electron chi connectivity index (χ1n) is 11.7. The molecule has 7 nitrogen and oxygen atoms in total. The third-order valence-electron chi connectivity index (χ3n) is 7.07. The number of aromatic nitrogens is 3. The minimum atomic E-state index is -0.925. The SMILES string of the molecule is Cc1cn(-c2ccc(C=C3CC4(CC4)CN(C(C=O)c4cc(F)cc(Cl)c4)C3=O)c3ncoc23)cn1. The number of aryl methyl sites for hydroxylation is 1. The van der Waals surface area contributed by atoms with E-state index in [-0.39, 0.29) is 16.3 Å². The van der Waals surface area contributed by atoms with Crippen LogP contribution < -0.4 is 0 Å². The summed E-state index contributed by atoms with van der Waals surface area (Å²) in [6.07, 6.45) is 10.0. The summed E-state index contributed by atoms with van der Waals surface area (Å²) in [5.74, 6) is -0.803. The molecule has 36 heavy (non-hydrogen) atoms. The normalized spacial score (nSPS) is 18.8. The van der Waals surface area contributed by atoms with E-state index < -0.39 is 11.9 Å². The van der Waals surface area contributed by atoms with E-state index in [0.29, 0.717) is 41.5 Å². The standard InChI is InChI=1S/C27H22ClFN4O3/c1-16-11-32(14-30-16)22-3-2-17(24-25(22)36-15-31-24)6-19-10-27(4-5-27)13-33(26(19)35)23(12-34)18-7-20(28)9-21(29)8-18/h2-3,6-9,11-12,14-15,23H,4-5,10,13H2,1H3. The van der Waals surface area contributed by atoms with Crippen LogP contribution in [0.25, 0.3) is 22.9 Å². The third-order valence-corrected chi connectivity index (χ3v) is 7.29. The fourth-order valence-corrected chi connectivity index (χ4v) is 5.33. The van der Waals surface area contributed by atoms with E-state index in [4.69, 9.17) is 16.0 Å². The summed E-state index contributed by atoms with van der Waals surface area (Å²) < 4.78 is 21.6. The zero-order chi connectivity index (χ0) is 25.0. The summed E-state index contributed by atoms with van der Waals surface area (Å²) in [6.45, 7) is 2.35. The lowest BCUT2D eigenvalue weighted by atomic mass is 9.87. The van der Waals surface area contributed by atoms with Crippen molar-refractivity contribution in [2.75, 3.05) is 6.54 Å². The number of amides is 1. The molecule has 2 aliphatic rings. The van der Waals surface area contributed by atoms with Crippen molar-refractivity contribution in [3.05, 3.63) is 82.5 Å². The van der Waals surface area contributed by atoms with Crippen molar-refractivity contribution in [1.29, 1.82) is 0 Å². The van der Waals surface area contributed by atoms with Crippen molar-refractivity contribution in [2.24, 2.45) is 5.41 Å². The van der Waals surface area contributed by atoms with Crippen molar-refractivity contribution >= 4 is 41.0 Å². The number of piperidine rings is 1. The van der Waals surface area contributed by atoms with Gasteiger partial charge in [0.15, 0.2) is 12.0 Å². The summed E-state index contributed by atoms with van der Waals surface area (Å²) >= 11 is 6.04. The maximum Gasteiger partial charge on any atom is 0.250 e. The van der Waals surface area contributed by atoms with Crippen LogP contribution in [0.4, 0.5) is 4.39 Å². The topological polar surface area (TPSA) is 81.2 Å². The Hall–Kier alpha value is -3.78. The van der Waals surface area contributed by atoms with Gasteiger partial charge in [-0.15, -0.1) is 0 Å². The molecule has 0 N–H and O–H groups in total. The lowest BCUT2D eigenvalue weighted by Crippen LogP contribution is -2.45. The molecule has 1 aliphatic carbocycles. The predicted molar refractivity (Wildman–Crippen MR) is 132 cm³/mol. The number of fused-ring (bicyclic) bond motifs is 1. The lowest BCUT2D eigenvalue weighted by Gasteiger charge is -2.38. The Morgan fingerprint density at radius 2 is 2.06 bits per heavy atom. The van der Waals surface area contributed by atoms with Gasteiger partial charge in [0, 0.05) is 28.9 Å². The number of hydrogen-bond donors (Lipinski definition) is 0. The first-order chi connectivity index (χ1) is 17.4. The van der Waals surface area contributed by atoms with Gasteiger partial charge < -0.3 is 18.7 Å². The summed E-state index contributed by atoms with van der Waals surface area (Å²) in [5.41, 5.74) is 4.51. The Morgan fingerprint density at radius 3 is 2.75 bits per heavy atom. The molecule has 3 heterocycles. The van der Waals surface area contributed by atoms with Gasteiger partial charge in [0.25, 0.3) is 5.91 Å². The van der Waals surface area contributed by atoms with Gasteiger partial charge in [-0.05, 0) is 67.5 Å². The van der Waals surface area contributed by atoms with E-state index in [1.165, 1.54) is 24.6 Å². The number of nitrogens with zero attached hydrogens (tertiary/aromatic N) is 4. The number of likely N-dealkylation sites (tertiary alicyclic amines) is 1. The van der Waals surface area contributed by atoms with E-state index in [1.54, 1.807) is 11.2 Å². The Bertz CT molecular complexity index is 1530. The van der Waals surface area contributed by atoms with E-state index in [9.17, 15) is 14.0 Å². The molecule has 2 aromatic heterocycles. The van der Waals surface area contributed by atoms with Gasteiger partial charge in [-0.2, -0.15) is 0 Å². The second kappa shape index (κ2) is 8.41. The first kappa shape index (κ1) is 22.7. The Kier molecular flexibility index (Phi) is 5.30. The van der Waals surface area contributed by atoms with Crippen LogP contribution in [-0.4, -0.2) is 38.2 Å². The van der Waals surface area contributed by atoms with Gasteiger partial charge >= 0.3 is 0 Å². The average molecular weight is 505 g/mol. The number of carbonyl (C=O) groups excluding carboxylic acids is 2. The monoisotopic (exact) mass is 504 g/mol. The number of halogens is 2. The van der Waals surface area contributed by atoms with Gasteiger partial charge in [-0.25, -0.2) is 14.4 Å². The fourth-order valence-electron chi connectivity index (χ4n) is 5.10. The van der Waals surface area contributed by atoms with Crippen LogP contribution in [-0.2, 0) is 9.59 Å². The van der Waals surface area contributed by atoms with Gasteiger partial charge in [0.1, 0.15) is 23.7 Å². The molecule has 0 radical (unpaired) electrons. The number of rotatable bonds is 5. The molecule has 6 rings (SSSR count). The largest absolute Gasteiger partial charge is 0.441 e. The molecule has 0 bridgehead atoms. The van der Waals surface area contributed by atoms with Crippen LogP contribution >= 0.6 is 11.6 Å². The molecule has 1 saturated heterocycles. The number of carbonyl (C=O) groups is 2. The molecule has 1 unspecified atom stereocenters. The van der Waals surface area contributed by atoms with Crippen molar-refractivity contribution in [2.45, 2.75) is 32.2 Å². The number of hydrogen-bond acceptors (Lipinski definition) is 5. The van der Waals surface area contributed by atoms with Crippen molar-refractivity contribution in [3.63, 3.8) is 0 Å². The molecule has 1 aliphatic heterocycles. The van der Waals surface area contributed by atoms with Gasteiger partial charge in [-0.3, -0.25) is 4.79 Å². The molecule has 2 fully saturated rings. The zero-order valence-electron chi connectivity index (χ0n) is 19.4. The molecule has 4 aromatic rings. The quantitative estimate of drug-likeness (QED) is 0.266. The molecule has 1 amide bonds. The highest BCUT2D eigenvalue weighted by atomic mass is 35.5. The van der Waals surface area contributed by atoms with Crippen LogP contribution in [0.3, 0.4) is 0 Å². The summed E-state index contributed by atoms with van der Waals surface area (Å²) in [5, 5.41) is 0.180. The zero-order valence-corrected chi connectivity index (χ0v) is 20.2. The number of imidazole rings is 1. The molecule has 182 valence electrons. The highest BCUT2D eigenvalue weighted by Crippen LogP contribution is 2.55. The Balaban J connectivity index is 1.40. The number of aldehydes is 1. The van der Waals surface area contributed by atoms with E-state index in [1.807, 2.05) is 35.9 Å². The van der Waals surface area contributed by atoms with Gasteiger partial charge in [-0.1, -0.05) is 17.7 Å². The van der Waals surface area contributed by atoms with Gasteiger partial charge in [0.2, 0.25) is 0 Å². The fraction of sp³-hybridized carbons (Fsp3) is 0.259. The number of oxazole rings is 1. The predicted octanol–water partition coefficient (Wildman–Crippen LogP) is 5.45. The van der Waals surface area contributed by atoms with Gasteiger partial charge in [0.05, 0.1) is 17.7 Å².